The number of hydrogen-bond acceptors (Lipinski definition) is 1. The number of rotatable bonds is 3. The highest BCUT2D eigenvalue weighted by Crippen LogP contribution is 2.20. The summed E-state index contributed by atoms with van der Waals surface area (Å²) in [4.78, 5) is 12.5. The summed E-state index contributed by atoms with van der Waals surface area (Å²) in [5.41, 5.74) is 1.87. The molecule has 0 fully saturated rings. The second-order valence-electron chi connectivity index (χ2n) is 4.75. The first kappa shape index (κ1) is 13.3. The van der Waals surface area contributed by atoms with Gasteiger partial charge in [0.15, 0.2) is 5.78 Å². The minimum atomic E-state index is 0.169. The van der Waals surface area contributed by atoms with E-state index in [1.165, 1.54) is 3.57 Å². The van der Waals surface area contributed by atoms with Gasteiger partial charge < -0.3 is 0 Å². The van der Waals surface area contributed by atoms with Gasteiger partial charge in [0.1, 0.15) is 0 Å². The van der Waals surface area contributed by atoms with Crippen molar-refractivity contribution in [2.45, 2.75) is 6.42 Å². The van der Waals surface area contributed by atoms with E-state index in [0.29, 0.717) is 6.42 Å². The number of carbonyl (C=O) groups excluding carboxylic acids is 1. The fourth-order valence-corrected chi connectivity index (χ4v) is 2.71. The largest absolute Gasteiger partial charge is 0.294 e. The zero-order valence-corrected chi connectivity index (χ0v) is 13.0. The van der Waals surface area contributed by atoms with E-state index in [2.05, 4.69) is 22.6 Å². The molecule has 3 aromatic carbocycles. The van der Waals surface area contributed by atoms with Gasteiger partial charge in [0.25, 0.3) is 0 Å². The smallest absolute Gasteiger partial charge is 0.167 e. The number of Topliss-reactive ketones (excluding diaryl/α,β-unsaturated/α-hetero) is 1. The SMILES string of the molecule is O=C(Cc1ccc(I)cc1)c1cccc2ccccc12. The van der Waals surface area contributed by atoms with Crippen LogP contribution in [0.3, 0.4) is 0 Å². The zero-order valence-electron chi connectivity index (χ0n) is 10.8. The monoisotopic (exact) mass is 372 g/mol. The van der Waals surface area contributed by atoms with Crippen molar-refractivity contribution in [3.63, 3.8) is 0 Å². The number of benzene rings is 3. The Morgan fingerprint density at radius 2 is 1.55 bits per heavy atom. The minimum absolute atomic E-state index is 0.169. The van der Waals surface area contributed by atoms with Gasteiger partial charge in [0.05, 0.1) is 0 Å². The van der Waals surface area contributed by atoms with Gasteiger partial charge in [-0.2, -0.15) is 0 Å². The maximum Gasteiger partial charge on any atom is 0.167 e. The molecule has 3 aromatic rings. The third-order valence-corrected chi connectivity index (χ3v) is 4.09. The first-order chi connectivity index (χ1) is 9.74. The molecule has 0 aromatic heterocycles. The topological polar surface area (TPSA) is 17.1 Å². The van der Waals surface area contributed by atoms with Gasteiger partial charge in [-0.05, 0) is 51.1 Å². The molecule has 0 heterocycles. The van der Waals surface area contributed by atoms with E-state index in [9.17, 15) is 4.79 Å². The predicted molar refractivity (Wildman–Crippen MR) is 91.1 cm³/mol. The Labute approximate surface area is 131 Å². The molecule has 0 aliphatic rings. The van der Waals surface area contributed by atoms with E-state index < -0.39 is 0 Å². The lowest BCUT2D eigenvalue weighted by Crippen LogP contribution is -2.04. The number of carbonyl (C=O) groups is 1. The van der Waals surface area contributed by atoms with Crippen LogP contribution in [0.15, 0.2) is 66.7 Å². The number of hydrogen-bond donors (Lipinski definition) is 0. The van der Waals surface area contributed by atoms with Crippen molar-refractivity contribution in [3.05, 3.63) is 81.4 Å². The Morgan fingerprint density at radius 1 is 0.850 bits per heavy atom. The highest BCUT2D eigenvalue weighted by atomic mass is 127. The maximum atomic E-state index is 12.5. The standard InChI is InChI=1S/C18H13IO/c19-15-10-8-13(9-11-15)12-18(20)17-7-3-5-14-4-1-2-6-16(14)17/h1-11H,12H2. The molecular formula is C18H13IO. The normalized spacial score (nSPS) is 10.7. The van der Waals surface area contributed by atoms with Crippen LogP contribution in [0.4, 0.5) is 0 Å². The molecule has 98 valence electrons. The van der Waals surface area contributed by atoms with Gasteiger partial charge in [-0.3, -0.25) is 4.79 Å². The van der Waals surface area contributed by atoms with Crippen LogP contribution in [-0.2, 0) is 6.42 Å². The highest BCUT2D eigenvalue weighted by molar-refractivity contribution is 14.1. The molecule has 0 N–H and O–H groups in total. The number of fused-ring (bicyclic) bond motifs is 1. The Hall–Kier alpha value is -1.68. The second-order valence-corrected chi connectivity index (χ2v) is 6.00. The summed E-state index contributed by atoms with van der Waals surface area (Å²) >= 11 is 2.27. The molecule has 0 saturated carbocycles. The minimum Gasteiger partial charge on any atom is -0.294 e. The van der Waals surface area contributed by atoms with Crippen molar-refractivity contribution in [1.82, 2.24) is 0 Å². The molecule has 0 aliphatic carbocycles. The molecule has 3 rings (SSSR count). The van der Waals surface area contributed by atoms with Crippen LogP contribution in [0.25, 0.3) is 10.8 Å². The van der Waals surface area contributed by atoms with Crippen LogP contribution in [0.5, 0.6) is 0 Å². The lowest BCUT2D eigenvalue weighted by molar-refractivity contribution is 0.0994. The molecule has 0 atom stereocenters. The van der Waals surface area contributed by atoms with E-state index >= 15 is 0 Å². The molecule has 0 unspecified atom stereocenters. The first-order valence-electron chi connectivity index (χ1n) is 6.49. The first-order valence-corrected chi connectivity index (χ1v) is 7.57. The van der Waals surface area contributed by atoms with Crippen LogP contribution in [0, 0.1) is 3.57 Å². The molecule has 0 aliphatic heterocycles. The van der Waals surface area contributed by atoms with Crippen molar-refractivity contribution in [2.75, 3.05) is 0 Å². The summed E-state index contributed by atoms with van der Waals surface area (Å²) < 4.78 is 1.18. The molecule has 0 spiro atoms. The molecule has 2 heteroatoms. The second kappa shape index (κ2) is 5.75. The van der Waals surface area contributed by atoms with Crippen LogP contribution < -0.4 is 0 Å². The quantitative estimate of drug-likeness (QED) is 0.474. The Morgan fingerprint density at radius 3 is 2.35 bits per heavy atom. The molecule has 0 amide bonds. The van der Waals surface area contributed by atoms with Gasteiger partial charge >= 0.3 is 0 Å². The summed E-state index contributed by atoms with van der Waals surface area (Å²) in [6.45, 7) is 0. The highest BCUT2D eigenvalue weighted by Gasteiger charge is 2.10. The van der Waals surface area contributed by atoms with Crippen LogP contribution in [0.1, 0.15) is 15.9 Å². The van der Waals surface area contributed by atoms with E-state index in [1.807, 2.05) is 66.7 Å². The van der Waals surface area contributed by atoms with Crippen molar-refractivity contribution in [2.24, 2.45) is 0 Å². The average Bonchev–Trinajstić information content (AvgIpc) is 2.49. The molecule has 20 heavy (non-hydrogen) atoms. The van der Waals surface area contributed by atoms with E-state index in [4.69, 9.17) is 0 Å². The summed E-state index contributed by atoms with van der Waals surface area (Å²) in [5, 5.41) is 2.14. The van der Waals surface area contributed by atoms with Gasteiger partial charge in [-0.25, -0.2) is 0 Å². The molecule has 0 bridgehead atoms. The predicted octanol–water partition coefficient (Wildman–Crippen LogP) is 4.87. The molecule has 1 nitrogen and oxygen atoms in total. The maximum absolute atomic E-state index is 12.5. The molecule has 0 radical (unpaired) electrons. The average molecular weight is 372 g/mol. The number of halogens is 1. The zero-order chi connectivity index (χ0) is 13.9. The van der Waals surface area contributed by atoms with Crippen LogP contribution in [-0.4, -0.2) is 5.78 Å². The van der Waals surface area contributed by atoms with Gasteiger partial charge in [0, 0.05) is 15.6 Å². The fraction of sp³-hybridized carbons (Fsp3) is 0.0556. The van der Waals surface area contributed by atoms with Gasteiger partial charge in [-0.15, -0.1) is 0 Å². The summed E-state index contributed by atoms with van der Waals surface area (Å²) in [7, 11) is 0. The third-order valence-electron chi connectivity index (χ3n) is 3.37. The Bertz CT molecular complexity index is 754. The van der Waals surface area contributed by atoms with E-state index in [1.54, 1.807) is 0 Å². The lowest BCUT2D eigenvalue weighted by atomic mass is 9.97. The molecule has 0 saturated heterocycles. The van der Waals surface area contributed by atoms with Crippen LogP contribution >= 0.6 is 22.6 Å². The van der Waals surface area contributed by atoms with Gasteiger partial charge in [-0.1, -0.05) is 54.6 Å². The van der Waals surface area contributed by atoms with Crippen LogP contribution in [0.2, 0.25) is 0 Å². The van der Waals surface area contributed by atoms with E-state index in [-0.39, 0.29) is 5.78 Å². The van der Waals surface area contributed by atoms with Gasteiger partial charge in [0.2, 0.25) is 0 Å². The third kappa shape index (κ3) is 2.75. The Kier molecular flexibility index (Phi) is 3.83. The van der Waals surface area contributed by atoms with E-state index in [0.717, 1.165) is 21.9 Å². The van der Waals surface area contributed by atoms with Crippen molar-refractivity contribution >= 4 is 39.1 Å². The summed E-state index contributed by atoms with van der Waals surface area (Å²) in [5.74, 6) is 0.169. The Balaban J connectivity index is 1.94. The van der Waals surface area contributed by atoms with Crippen molar-refractivity contribution in [3.8, 4) is 0 Å². The summed E-state index contributed by atoms with van der Waals surface area (Å²) in [6.07, 6.45) is 0.449. The van der Waals surface area contributed by atoms with Crippen molar-refractivity contribution < 1.29 is 4.79 Å². The van der Waals surface area contributed by atoms with Crippen molar-refractivity contribution in [1.29, 1.82) is 0 Å². The number of ketones is 1. The fourth-order valence-electron chi connectivity index (χ4n) is 2.35. The lowest BCUT2D eigenvalue weighted by Gasteiger charge is -2.06. The molecular weight excluding hydrogens is 359 g/mol. The summed E-state index contributed by atoms with van der Waals surface area (Å²) in [6, 6.07) is 22.0.